The highest BCUT2D eigenvalue weighted by atomic mass is 32.2. The summed E-state index contributed by atoms with van der Waals surface area (Å²) in [6.07, 6.45) is 0. The van der Waals surface area contributed by atoms with Gasteiger partial charge in [0.2, 0.25) is 0 Å². The van der Waals surface area contributed by atoms with Gasteiger partial charge in [-0.3, -0.25) is 4.79 Å². The first-order valence-electron chi connectivity index (χ1n) is 6.29. The van der Waals surface area contributed by atoms with Crippen molar-refractivity contribution >= 4 is 27.1 Å². The molecule has 3 rings (SSSR count). The molecular weight excluding hydrogens is 313 g/mol. The molecule has 0 atom stereocenters. The van der Waals surface area contributed by atoms with Crippen LogP contribution in [0, 0.1) is 5.82 Å². The zero-order chi connectivity index (χ0) is 15.0. The van der Waals surface area contributed by atoms with Crippen LogP contribution < -0.4 is 0 Å². The summed E-state index contributed by atoms with van der Waals surface area (Å²) in [5.74, 6) is -0.626. The smallest absolute Gasteiger partial charge is 0.254 e. The van der Waals surface area contributed by atoms with Gasteiger partial charge in [-0.1, -0.05) is 0 Å². The Morgan fingerprint density at radius 3 is 2.43 bits per heavy atom. The zero-order valence-corrected chi connectivity index (χ0v) is 12.5. The first-order chi connectivity index (χ1) is 9.98. The van der Waals surface area contributed by atoms with Crippen molar-refractivity contribution in [1.82, 2.24) is 4.90 Å². The molecule has 4 nitrogen and oxygen atoms in total. The molecular formula is C14H12FNO3S2. The van der Waals surface area contributed by atoms with E-state index < -0.39 is 20.9 Å². The van der Waals surface area contributed by atoms with E-state index in [1.54, 1.807) is 16.8 Å². The second kappa shape index (κ2) is 5.23. The average Bonchev–Trinajstić information content (AvgIpc) is 2.90. The Bertz CT molecular complexity index is 748. The summed E-state index contributed by atoms with van der Waals surface area (Å²) in [7, 11) is -3.51. The van der Waals surface area contributed by atoms with Gasteiger partial charge in [-0.2, -0.15) is 11.3 Å². The first kappa shape index (κ1) is 14.2. The van der Waals surface area contributed by atoms with Crippen LogP contribution in [0.1, 0.15) is 10.4 Å². The predicted molar refractivity (Wildman–Crippen MR) is 77.6 cm³/mol. The number of rotatable bonds is 3. The lowest BCUT2D eigenvalue weighted by Gasteiger charge is -2.38. The number of benzene rings is 1. The molecule has 1 aliphatic heterocycles. The third kappa shape index (κ3) is 2.58. The van der Waals surface area contributed by atoms with Gasteiger partial charge in [0.1, 0.15) is 11.1 Å². The fraction of sp³-hybridized carbons (Fsp3) is 0.214. The maximum Gasteiger partial charge on any atom is 0.254 e. The number of carbonyl (C=O) groups excluding carboxylic acids is 1. The summed E-state index contributed by atoms with van der Waals surface area (Å²) in [4.78, 5) is 13.6. The number of hydrogen-bond acceptors (Lipinski definition) is 4. The number of halogens is 1. The van der Waals surface area contributed by atoms with Gasteiger partial charge < -0.3 is 4.90 Å². The van der Waals surface area contributed by atoms with Crippen molar-refractivity contribution < 1.29 is 17.6 Å². The van der Waals surface area contributed by atoms with Gasteiger partial charge in [-0.05, 0) is 35.7 Å². The maximum absolute atomic E-state index is 12.9. The molecule has 110 valence electrons. The molecule has 7 heteroatoms. The van der Waals surface area contributed by atoms with Crippen LogP contribution >= 0.6 is 11.3 Å². The Morgan fingerprint density at radius 1 is 1.19 bits per heavy atom. The SMILES string of the molecule is O=C(c1ccsc1)N1CC(S(=O)(=O)c2ccc(F)cc2)C1. The number of carbonyl (C=O) groups is 1. The summed E-state index contributed by atoms with van der Waals surface area (Å²) >= 11 is 1.42. The third-order valence-electron chi connectivity index (χ3n) is 3.48. The number of amides is 1. The van der Waals surface area contributed by atoms with Crippen LogP contribution in [0.4, 0.5) is 4.39 Å². The van der Waals surface area contributed by atoms with Crippen molar-refractivity contribution in [1.29, 1.82) is 0 Å². The molecule has 0 aliphatic carbocycles. The van der Waals surface area contributed by atoms with Crippen molar-refractivity contribution in [3.8, 4) is 0 Å². The minimum atomic E-state index is -3.51. The summed E-state index contributed by atoms with van der Waals surface area (Å²) in [6, 6.07) is 6.48. The molecule has 0 bridgehead atoms. The second-order valence-corrected chi connectivity index (χ2v) is 7.85. The van der Waals surface area contributed by atoms with Crippen LogP contribution in [0.2, 0.25) is 0 Å². The highest BCUT2D eigenvalue weighted by Crippen LogP contribution is 2.25. The van der Waals surface area contributed by atoms with Gasteiger partial charge in [-0.15, -0.1) is 0 Å². The van der Waals surface area contributed by atoms with Crippen LogP contribution in [-0.2, 0) is 9.84 Å². The first-order valence-corrected chi connectivity index (χ1v) is 8.78. The van der Waals surface area contributed by atoms with E-state index in [1.807, 2.05) is 0 Å². The molecule has 0 radical (unpaired) electrons. The molecule has 0 spiro atoms. The molecule has 1 aliphatic rings. The van der Waals surface area contributed by atoms with E-state index in [9.17, 15) is 17.6 Å². The Hall–Kier alpha value is -1.73. The lowest BCUT2D eigenvalue weighted by atomic mass is 10.2. The minimum Gasteiger partial charge on any atom is -0.336 e. The van der Waals surface area contributed by atoms with Gasteiger partial charge in [0.25, 0.3) is 5.91 Å². The van der Waals surface area contributed by atoms with Crippen LogP contribution in [-0.4, -0.2) is 37.6 Å². The molecule has 0 saturated carbocycles. The normalized spacial score (nSPS) is 15.8. The molecule has 1 aromatic carbocycles. The van der Waals surface area contributed by atoms with Gasteiger partial charge in [-0.25, -0.2) is 12.8 Å². The monoisotopic (exact) mass is 325 g/mol. The highest BCUT2D eigenvalue weighted by Gasteiger charge is 2.40. The van der Waals surface area contributed by atoms with E-state index >= 15 is 0 Å². The standard InChI is InChI=1S/C14H12FNO3S2/c15-11-1-3-12(4-2-11)21(18,19)13-7-16(8-13)14(17)10-5-6-20-9-10/h1-6,9,13H,7-8H2. The second-order valence-electron chi connectivity index (χ2n) is 4.84. The molecule has 1 aromatic heterocycles. The van der Waals surface area contributed by atoms with Gasteiger partial charge >= 0.3 is 0 Å². The van der Waals surface area contributed by atoms with E-state index in [2.05, 4.69) is 0 Å². The van der Waals surface area contributed by atoms with Crippen LogP contribution in [0.3, 0.4) is 0 Å². The Morgan fingerprint density at radius 2 is 1.86 bits per heavy atom. The number of hydrogen-bond donors (Lipinski definition) is 0. The van der Waals surface area contributed by atoms with Gasteiger partial charge in [0, 0.05) is 18.5 Å². The van der Waals surface area contributed by atoms with Crippen molar-refractivity contribution in [2.24, 2.45) is 0 Å². The third-order valence-corrected chi connectivity index (χ3v) is 6.27. The van der Waals surface area contributed by atoms with Crippen molar-refractivity contribution in [3.05, 3.63) is 52.5 Å². The summed E-state index contributed by atoms with van der Waals surface area (Å²) in [5.41, 5.74) is 0.581. The quantitative estimate of drug-likeness (QED) is 0.813. The molecule has 1 fully saturated rings. The molecule has 0 unspecified atom stereocenters. The molecule has 21 heavy (non-hydrogen) atoms. The summed E-state index contributed by atoms with van der Waals surface area (Å²) in [5, 5.41) is 2.93. The fourth-order valence-corrected chi connectivity index (χ4v) is 4.47. The lowest BCUT2D eigenvalue weighted by molar-refractivity contribution is 0.0659. The van der Waals surface area contributed by atoms with E-state index in [0.29, 0.717) is 5.56 Å². The van der Waals surface area contributed by atoms with Crippen LogP contribution in [0.15, 0.2) is 46.0 Å². The van der Waals surface area contributed by atoms with E-state index in [1.165, 1.54) is 28.4 Å². The van der Waals surface area contributed by atoms with Crippen molar-refractivity contribution in [2.45, 2.75) is 10.1 Å². The number of sulfone groups is 1. The van der Waals surface area contributed by atoms with Gasteiger partial charge in [0.05, 0.1) is 10.5 Å². The maximum atomic E-state index is 12.9. The molecule has 1 saturated heterocycles. The van der Waals surface area contributed by atoms with E-state index in [0.717, 1.165) is 12.1 Å². The Balaban J connectivity index is 1.71. The fourth-order valence-electron chi connectivity index (χ4n) is 2.19. The molecule has 2 heterocycles. The van der Waals surface area contributed by atoms with E-state index in [4.69, 9.17) is 0 Å². The Kier molecular flexibility index (Phi) is 3.54. The summed E-state index contributed by atoms with van der Waals surface area (Å²) in [6.45, 7) is 0.350. The molecule has 1 amide bonds. The molecule has 2 aromatic rings. The van der Waals surface area contributed by atoms with Crippen LogP contribution in [0.25, 0.3) is 0 Å². The Labute approximate surface area is 125 Å². The van der Waals surface area contributed by atoms with Crippen LogP contribution in [0.5, 0.6) is 0 Å². The zero-order valence-electron chi connectivity index (χ0n) is 10.9. The largest absolute Gasteiger partial charge is 0.336 e. The predicted octanol–water partition coefficient (Wildman–Crippen LogP) is 2.19. The highest BCUT2D eigenvalue weighted by molar-refractivity contribution is 7.92. The number of thiophene rings is 1. The minimum absolute atomic E-state index is 0.0940. The number of likely N-dealkylation sites (tertiary alicyclic amines) is 1. The van der Waals surface area contributed by atoms with Crippen molar-refractivity contribution in [3.63, 3.8) is 0 Å². The number of nitrogens with zero attached hydrogens (tertiary/aromatic N) is 1. The van der Waals surface area contributed by atoms with E-state index in [-0.39, 0.29) is 23.9 Å². The van der Waals surface area contributed by atoms with Crippen molar-refractivity contribution in [2.75, 3.05) is 13.1 Å². The average molecular weight is 325 g/mol. The molecule has 0 N–H and O–H groups in total. The topological polar surface area (TPSA) is 54.5 Å². The summed E-state index contributed by atoms with van der Waals surface area (Å²) < 4.78 is 37.5. The van der Waals surface area contributed by atoms with Gasteiger partial charge in [0.15, 0.2) is 9.84 Å². The lowest BCUT2D eigenvalue weighted by Crippen LogP contribution is -2.56.